The highest BCUT2D eigenvalue weighted by Crippen LogP contribution is 2.39. The molecule has 110 valence electrons. The maximum Gasteiger partial charge on any atom is 0.142 e. The summed E-state index contributed by atoms with van der Waals surface area (Å²) in [7, 11) is 0. The van der Waals surface area contributed by atoms with Gasteiger partial charge in [-0.15, -0.1) is 0 Å². The van der Waals surface area contributed by atoms with Crippen LogP contribution in [0.15, 0.2) is 12.1 Å². The zero-order chi connectivity index (χ0) is 14.3. The average molecular weight is 296 g/mol. The van der Waals surface area contributed by atoms with Gasteiger partial charge in [-0.2, -0.15) is 0 Å². The van der Waals surface area contributed by atoms with Gasteiger partial charge >= 0.3 is 0 Å². The first-order valence-corrected chi connectivity index (χ1v) is 7.71. The number of hydrogen-bond acceptors (Lipinski definition) is 3. The van der Waals surface area contributed by atoms with E-state index in [1.807, 2.05) is 6.07 Å². The highest BCUT2D eigenvalue weighted by atomic mass is 35.5. The van der Waals surface area contributed by atoms with E-state index in [0.717, 1.165) is 37.1 Å². The van der Waals surface area contributed by atoms with Crippen LogP contribution < -0.4 is 4.74 Å². The summed E-state index contributed by atoms with van der Waals surface area (Å²) in [5.74, 6) is 1.33. The van der Waals surface area contributed by atoms with Crippen molar-refractivity contribution in [2.75, 3.05) is 26.4 Å². The molecule has 2 aliphatic heterocycles. The van der Waals surface area contributed by atoms with Crippen molar-refractivity contribution >= 4 is 11.6 Å². The number of halogens is 1. The van der Waals surface area contributed by atoms with Crippen molar-refractivity contribution in [1.29, 1.82) is 0 Å². The van der Waals surface area contributed by atoms with Gasteiger partial charge in [0.2, 0.25) is 0 Å². The van der Waals surface area contributed by atoms with E-state index in [1.165, 1.54) is 11.1 Å². The average Bonchev–Trinajstić information content (AvgIpc) is 2.54. The number of ether oxygens (including phenoxy) is 2. The van der Waals surface area contributed by atoms with Gasteiger partial charge in [0.15, 0.2) is 0 Å². The molecule has 0 unspecified atom stereocenters. The van der Waals surface area contributed by atoms with E-state index >= 15 is 0 Å². The number of likely N-dealkylation sites (N-methyl/N-ethyl adjacent to an activating group) is 1. The van der Waals surface area contributed by atoms with Gasteiger partial charge < -0.3 is 9.47 Å². The summed E-state index contributed by atoms with van der Waals surface area (Å²) in [6, 6.07) is 4.28. The number of benzene rings is 1. The van der Waals surface area contributed by atoms with Crippen LogP contribution in [0.4, 0.5) is 0 Å². The minimum Gasteiger partial charge on any atom is -0.490 e. The van der Waals surface area contributed by atoms with Crippen LogP contribution in [0.5, 0.6) is 5.75 Å². The Morgan fingerprint density at radius 3 is 2.60 bits per heavy atom. The van der Waals surface area contributed by atoms with Gasteiger partial charge in [-0.3, -0.25) is 4.90 Å². The Bertz CT molecular complexity index is 511. The Morgan fingerprint density at radius 2 is 2.05 bits per heavy atom. The Kier molecular flexibility index (Phi) is 3.69. The lowest BCUT2D eigenvalue weighted by Gasteiger charge is -2.47. The Balaban J connectivity index is 1.99. The van der Waals surface area contributed by atoms with E-state index in [-0.39, 0.29) is 5.54 Å². The number of nitrogens with zero attached hydrogens (tertiary/aromatic N) is 1. The standard InChI is InChI=1S/C16H22ClNO2/c1-4-18-7-13-5-12(11(2)3)6-14(17)15(13)20-10-16(18)8-19-9-16/h5-6,11H,4,7-10H2,1-3H3. The molecule has 3 nitrogen and oxygen atoms in total. The van der Waals surface area contributed by atoms with E-state index < -0.39 is 0 Å². The zero-order valence-corrected chi connectivity index (χ0v) is 13.2. The SMILES string of the molecule is CCN1Cc2cc(C(C)C)cc(Cl)c2OCC12COC2. The lowest BCUT2D eigenvalue weighted by Crippen LogP contribution is -2.64. The molecule has 2 heterocycles. The molecule has 20 heavy (non-hydrogen) atoms. The van der Waals surface area contributed by atoms with Crippen molar-refractivity contribution in [3.05, 3.63) is 28.3 Å². The van der Waals surface area contributed by atoms with Crippen LogP contribution in [0.3, 0.4) is 0 Å². The molecule has 1 fully saturated rings. The highest BCUT2D eigenvalue weighted by molar-refractivity contribution is 6.32. The lowest BCUT2D eigenvalue weighted by atomic mass is 9.95. The van der Waals surface area contributed by atoms with Crippen LogP contribution in [0.2, 0.25) is 5.02 Å². The first-order chi connectivity index (χ1) is 9.55. The topological polar surface area (TPSA) is 21.7 Å². The summed E-state index contributed by atoms with van der Waals surface area (Å²) in [5.41, 5.74) is 2.51. The summed E-state index contributed by atoms with van der Waals surface area (Å²) >= 11 is 6.43. The Hall–Kier alpha value is -0.770. The van der Waals surface area contributed by atoms with Crippen LogP contribution in [-0.2, 0) is 11.3 Å². The van der Waals surface area contributed by atoms with Crippen LogP contribution in [0, 0.1) is 0 Å². The molecule has 0 amide bonds. The number of fused-ring (bicyclic) bond motifs is 1. The monoisotopic (exact) mass is 295 g/mol. The van der Waals surface area contributed by atoms with Crippen molar-refractivity contribution in [3.8, 4) is 5.75 Å². The molecule has 1 saturated heterocycles. The molecule has 1 aromatic rings. The largest absolute Gasteiger partial charge is 0.490 e. The summed E-state index contributed by atoms with van der Waals surface area (Å²) in [5, 5.41) is 0.736. The van der Waals surface area contributed by atoms with Crippen molar-refractivity contribution in [1.82, 2.24) is 4.90 Å². The molecule has 1 aromatic carbocycles. The molecule has 0 aliphatic carbocycles. The third-order valence-corrected chi connectivity index (χ3v) is 4.73. The van der Waals surface area contributed by atoms with E-state index in [0.29, 0.717) is 12.5 Å². The molecule has 0 N–H and O–H groups in total. The van der Waals surface area contributed by atoms with E-state index in [1.54, 1.807) is 0 Å². The molecule has 3 rings (SSSR count). The fourth-order valence-corrected chi connectivity index (χ4v) is 3.31. The van der Waals surface area contributed by atoms with Gasteiger partial charge in [-0.25, -0.2) is 0 Å². The molecule has 0 atom stereocenters. The predicted octanol–water partition coefficient (Wildman–Crippen LogP) is 3.45. The number of rotatable bonds is 2. The molecule has 2 aliphatic rings. The molecule has 0 aromatic heterocycles. The molecular formula is C16H22ClNO2. The quantitative estimate of drug-likeness (QED) is 0.834. The molecule has 0 radical (unpaired) electrons. The fraction of sp³-hybridized carbons (Fsp3) is 0.625. The minimum absolute atomic E-state index is 0.0368. The van der Waals surface area contributed by atoms with E-state index in [9.17, 15) is 0 Å². The van der Waals surface area contributed by atoms with Gasteiger partial charge in [0.05, 0.1) is 18.2 Å². The Morgan fingerprint density at radius 1 is 1.30 bits per heavy atom. The van der Waals surface area contributed by atoms with Crippen LogP contribution in [0.25, 0.3) is 0 Å². The first kappa shape index (κ1) is 14.2. The third kappa shape index (κ3) is 2.22. The smallest absolute Gasteiger partial charge is 0.142 e. The highest BCUT2D eigenvalue weighted by Gasteiger charge is 2.46. The molecule has 4 heteroatoms. The van der Waals surface area contributed by atoms with Crippen molar-refractivity contribution in [3.63, 3.8) is 0 Å². The second-order valence-electron chi connectivity index (χ2n) is 6.17. The van der Waals surface area contributed by atoms with Crippen LogP contribution in [0.1, 0.15) is 37.8 Å². The Labute approximate surface area is 125 Å². The van der Waals surface area contributed by atoms with Crippen molar-refractivity contribution < 1.29 is 9.47 Å². The third-order valence-electron chi connectivity index (χ3n) is 4.45. The number of hydrogen-bond donors (Lipinski definition) is 0. The molecule has 1 spiro atoms. The van der Waals surface area contributed by atoms with Gasteiger partial charge in [0, 0.05) is 12.1 Å². The molecular weight excluding hydrogens is 274 g/mol. The maximum atomic E-state index is 6.43. The van der Waals surface area contributed by atoms with Gasteiger partial charge in [-0.05, 0) is 24.1 Å². The minimum atomic E-state index is 0.0368. The van der Waals surface area contributed by atoms with Crippen molar-refractivity contribution in [2.45, 2.75) is 38.8 Å². The van der Waals surface area contributed by atoms with Crippen LogP contribution in [-0.4, -0.2) is 36.8 Å². The fourth-order valence-electron chi connectivity index (χ4n) is 3.01. The summed E-state index contributed by atoms with van der Waals surface area (Å²) < 4.78 is 11.5. The summed E-state index contributed by atoms with van der Waals surface area (Å²) in [4.78, 5) is 2.46. The van der Waals surface area contributed by atoms with Gasteiger partial charge in [0.1, 0.15) is 17.9 Å². The van der Waals surface area contributed by atoms with Crippen LogP contribution >= 0.6 is 11.6 Å². The van der Waals surface area contributed by atoms with Gasteiger partial charge in [-0.1, -0.05) is 38.4 Å². The zero-order valence-electron chi connectivity index (χ0n) is 12.4. The summed E-state index contributed by atoms with van der Waals surface area (Å²) in [6.07, 6.45) is 0. The second-order valence-corrected chi connectivity index (χ2v) is 6.57. The van der Waals surface area contributed by atoms with Crippen molar-refractivity contribution in [2.24, 2.45) is 0 Å². The molecule has 0 bridgehead atoms. The van der Waals surface area contributed by atoms with E-state index in [4.69, 9.17) is 21.1 Å². The normalized spacial score (nSPS) is 21.2. The van der Waals surface area contributed by atoms with E-state index in [2.05, 4.69) is 31.7 Å². The predicted molar refractivity (Wildman–Crippen MR) is 80.7 cm³/mol. The summed E-state index contributed by atoms with van der Waals surface area (Å²) in [6.45, 7) is 10.6. The first-order valence-electron chi connectivity index (χ1n) is 7.33. The second kappa shape index (κ2) is 5.21. The lowest BCUT2D eigenvalue weighted by molar-refractivity contribution is -0.154. The molecule has 0 saturated carbocycles. The maximum absolute atomic E-state index is 6.43. The van der Waals surface area contributed by atoms with Gasteiger partial charge in [0.25, 0.3) is 0 Å².